The normalized spacial score (nSPS) is 16.0. The molecule has 1 aliphatic heterocycles. The number of hydrogen-bond donors (Lipinski definition) is 2. The minimum absolute atomic E-state index is 0.285. The van der Waals surface area contributed by atoms with Gasteiger partial charge in [-0.05, 0) is 62.7 Å². The van der Waals surface area contributed by atoms with Crippen LogP contribution in [0.3, 0.4) is 0 Å². The monoisotopic (exact) mass is 381 g/mol. The molecule has 1 saturated heterocycles. The standard InChI is InChI=1S/C22H31N5O/c1-17-8-6-10-19(26-17)15-24-22(23-2)25-16-21(27-12-4-5-13-27)18-9-7-11-20(14-18)28-3/h6-11,14,21H,4-5,12-13,15-16H2,1-3H3,(H2,23,24,25). The number of nitrogens with one attached hydrogen (secondary N) is 2. The number of aryl methyl sites for hydroxylation is 1. The van der Waals surface area contributed by atoms with E-state index in [0.29, 0.717) is 6.54 Å². The molecule has 1 atom stereocenters. The zero-order valence-corrected chi connectivity index (χ0v) is 17.1. The number of guanidine groups is 1. The highest BCUT2D eigenvalue weighted by molar-refractivity contribution is 5.79. The first-order valence-corrected chi connectivity index (χ1v) is 9.94. The lowest BCUT2D eigenvalue weighted by Crippen LogP contribution is -2.42. The summed E-state index contributed by atoms with van der Waals surface area (Å²) in [7, 11) is 3.52. The predicted octanol–water partition coefficient (Wildman–Crippen LogP) is 2.90. The average Bonchev–Trinajstić information content (AvgIpc) is 3.25. The number of ether oxygens (including phenoxy) is 1. The van der Waals surface area contributed by atoms with Gasteiger partial charge in [0.25, 0.3) is 0 Å². The van der Waals surface area contributed by atoms with E-state index in [9.17, 15) is 0 Å². The number of aliphatic imine (C=N–C) groups is 1. The number of benzene rings is 1. The lowest BCUT2D eigenvalue weighted by Gasteiger charge is -2.29. The zero-order valence-electron chi connectivity index (χ0n) is 17.1. The summed E-state index contributed by atoms with van der Waals surface area (Å²) in [6, 6.07) is 14.7. The Bertz CT molecular complexity index is 786. The van der Waals surface area contributed by atoms with Crippen LogP contribution in [0.2, 0.25) is 0 Å². The summed E-state index contributed by atoms with van der Waals surface area (Å²) in [5, 5.41) is 6.86. The van der Waals surface area contributed by atoms with Gasteiger partial charge >= 0.3 is 0 Å². The summed E-state index contributed by atoms with van der Waals surface area (Å²) in [5.74, 6) is 1.69. The Labute approximate surface area is 168 Å². The van der Waals surface area contributed by atoms with Gasteiger partial charge in [-0.25, -0.2) is 0 Å². The fourth-order valence-corrected chi connectivity index (χ4v) is 3.65. The van der Waals surface area contributed by atoms with Crippen LogP contribution in [0, 0.1) is 6.92 Å². The van der Waals surface area contributed by atoms with Crippen molar-refractivity contribution in [2.45, 2.75) is 32.4 Å². The van der Waals surface area contributed by atoms with Gasteiger partial charge in [-0.15, -0.1) is 0 Å². The molecule has 1 aromatic heterocycles. The van der Waals surface area contributed by atoms with Crippen molar-refractivity contribution in [3.8, 4) is 5.75 Å². The molecule has 28 heavy (non-hydrogen) atoms. The van der Waals surface area contributed by atoms with E-state index in [0.717, 1.165) is 42.7 Å². The molecule has 6 nitrogen and oxygen atoms in total. The van der Waals surface area contributed by atoms with Crippen LogP contribution in [-0.2, 0) is 6.54 Å². The molecule has 1 unspecified atom stereocenters. The van der Waals surface area contributed by atoms with Gasteiger partial charge < -0.3 is 15.4 Å². The van der Waals surface area contributed by atoms with E-state index in [1.807, 2.05) is 31.2 Å². The van der Waals surface area contributed by atoms with Gasteiger partial charge in [0.15, 0.2) is 5.96 Å². The van der Waals surface area contributed by atoms with E-state index in [-0.39, 0.29) is 6.04 Å². The van der Waals surface area contributed by atoms with Gasteiger partial charge in [-0.3, -0.25) is 14.9 Å². The smallest absolute Gasteiger partial charge is 0.191 e. The number of likely N-dealkylation sites (tertiary alicyclic amines) is 1. The Morgan fingerprint density at radius 1 is 1.18 bits per heavy atom. The van der Waals surface area contributed by atoms with Crippen molar-refractivity contribution >= 4 is 5.96 Å². The Morgan fingerprint density at radius 3 is 2.68 bits per heavy atom. The number of pyridine rings is 1. The second kappa shape index (κ2) is 10.1. The van der Waals surface area contributed by atoms with Gasteiger partial charge in [-0.2, -0.15) is 0 Å². The Kier molecular flexibility index (Phi) is 7.25. The van der Waals surface area contributed by atoms with Gasteiger partial charge in [0, 0.05) is 19.3 Å². The summed E-state index contributed by atoms with van der Waals surface area (Å²) in [4.78, 5) is 11.5. The van der Waals surface area contributed by atoms with Gasteiger partial charge in [0.1, 0.15) is 5.75 Å². The second-order valence-corrected chi connectivity index (χ2v) is 7.11. The molecular formula is C22H31N5O. The van der Waals surface area contributed by atoms with E-state index in [4.69, 9.17) is 4.74 Å². The summed E-state index contributed by atoms with van der Waals surface area (Å²) in [5.41, 5.74) is 3.30. The molecule has 2 aromatic rings. The highest BCUT2D eigenvalue weighted by Crippen LogP contribution is 2.27. The molecule has 0 aliphatic carbocycles. The minimum atomic E-state index is 0.285. The third-order valence-electron chi connectivity index (χ3n) is 5.13. The van der Waals surface area contributed by atoms with Crippen LogP contribution < -0.4 is 15.4 Å². The van der Waals surface area contributed by atoms with Crippen LogP contribution in [0.25, 0.3) is 0 Å². The minimum Gasteiger partial charge on any atom is -0.497 e. The Balaban J connectivity index is 1.64. The molecule has 0 saturated carbocycles. The van der Waals surface area contributed by atoms with Crippen LogP contribution in [0.5, 0.6) is 5.75 Å². The Morgan fingerprint density at radius 2 is 1.96 bits per heavy atom. The quantitative estimate of drug-likeness (QED) is 0.570. The van der Waals surface area contributed by atoms with E-state index in [1.54, 1.807) is 14.2 Å². The van der Waals surface area contributed by atoms with Crippen LogP contribution >= 0.6 is 0 Å². The fourth-order valence-electron chi connectivity index (χ4n) is 3.65. The van der Waals surface area contributed by atoms with Crippen molar-refractivity contribution in [1.29, 1.82) is 0 Å². The molecule has 2 N–H and O–H groups in total. The number of nitrogens with zero attached hydrogens (tertiary/aromatic N) is 3. The van der Waals surface area contributed by atoms with Crippen LogP contribution in [0.1, 0.15) is 35.8 Å². The number of aromatic nitrogens is 1. The molecule has 0 radical (unpaired) electrons. The summed E-state index contributed by atoms with van der Waals surface area (Å²) < 4.78 is 5.43. The SMILES string of the molecule is CN=C(NCc1cccc(C)n1)NCC(c1cccc(OC)c1)N1CCCC1. The number of methoxy groups -OCH3 is 1. The van der Waals surface area contributed by atoms with E-state index in [2.05, 4.69) is 43.7 Å². The molecule has 0 amide bonds. The first-order valence-electron chi connectivity index (χ1n) is 9.94. The van der Waals surface area contributed by atoms with E-state index >= 15 is 0 Å². The first-order chi connectivity index (χ1) is 13.7. The highest BCUT2D eigenvalue weighted by Gasteiger charge is 2.24. The van der Waals surface area contributed by atoms with Crippen LogP contribution in [-0.4, -0.2) is 49.6 Å². The van der Waals surface area contributed by atoms with Gasteiger partial charge in [0.05, 0.1) is 25.4 Å². The number of rotatable bonds is 7. The molecule has 150 valence electrons. The first kappa shape index (κ1) is 20.1. The number of hydrogen-bond acceptors (Lipinski definition) is 4. The van der Waals surface area contributed by atoms with Gasteiger partial charge in [-0.1, -0.05) is 18.2 Å². The molecule has 3 rings (SSSR count). The molecule has 1 aliphatic rings. The molecule has 0 spiro atoms. The topological polar surface area (TPSA) is 61.8 Å². The van der Waals surface area contributed by atoms with Crippen molar-refractivity contribution in [3.63, 3.8) is 0 Å². The van der Waals surface area contributed by atoms with Crippen molar-refractivity contribution in [3.05, 3.63) is 59.4 Å². The third-order valence-corrected chi connectivity index (χ3v) is 5.13. The molecular weight excluding hydrogens is 350 g/mol. The van der Waals surface area contributed by atoms with E-state index in [1.165, 1.54) is 18.4 Å². The lowest BCUT2D eigenvalue weighted by atomic mass is 10.1. The summed E-state index contributed by atoms with van der Waals surface area (Å²) >= 11 is 0. The average molecular weight is 382 g/mol. The maximum Gasteiger partial charge on any atom is 0.191 e. The summed E-state index contributed by atoms with van der Waals surface area (Å²) in [6.07, 6.45) is 2.51. The van der Waals surface area contributed by atoms with Crippen molar-refractivity contribution in [1.82, 2.24) is 20.5 Å². The van der Waals surface area contributed by atoms with Crippen LogP contribution in [0.15, 0.2) is 47.5 Å². The Hall–Kier alpha value is -2.60. The highest BCUT2D eigenvalue weighted by atomic mass is 16.5. The molecule has 0 bridgehead atoms. The molecule has 6 heteroatoms. The fraction of sp³-hybridized carbons (Fsp3) is 0.455. The molecule has 2 heterocycles. The zero-order chi connectivity index (χ0) is 19.8. The lowest BCUT2D eigenvalue weighted by molar-refractivity contribution is 0.245. The van der Waals surface area contributed by atoms with Crippen LogP contribution in [0.4, 0.5) is 0 Å². The van der Waals surface area contributed by atoms with Crippen molar-refractivity contribution in [2.24, 2.45) is 4.99 Å². The molecule has 1 aromatic carbocycles. The summed E-state index contributed by atoms with van der Waals surface area (Å²) in [6.45, 7) is 5.69. The maximum atomic E-state index is 5.43. The predicted molar refractivity (Wildman–Crippen MR) is 114 cm³/mol. The maximum absolute atomic E-state index is 5.43. The largest absolute Gasteiger partial charge is 0.497 e. The second-order valence-electron chi connectivity index (χ2n) is 7.11. The molecule has 1 fully saturated rings. The third kappa shape index (κ3) is 5.45. The van der Waals surface area contributed by atoms with Crippen molar-refractivity contribution < 1.29 is 4.74 Å². The van der Waals surface area contributed by atoms with E-state index < -0.39 is 0 Å². The van der Waals surface area contributed by atoms with Crippen molar-refractivity contribution in [2.75, 3.05) is 33.8 Å². The van der Waals surface area contributed by atoms with Gasteiger partial charge in [0.2, 0.25) is 0 Å².